The second-order valence-corrected chi connectivity index (χ2v) is 6.18. The molecular weight excluding hydrogens is 352 g/mol. The summed E-state index contributed by atoms with van der Waals surface area (Å²) in [5.74, 6) is 1.13. The molecule has 136 valence electrons. The maximum absolute atomic E-state index is 10.2. The summed E-state index contributed by atoms with van der Waals surface area (Å²) >= 11 is 5.25. The largest absolute Gasteiger partial charge is 0.507 e. The van der Waals surface area contributed by atoms with E-state index in [0.29, 0.717) is 28.6 Å². The van der Waals surface area contributed by atoms with Crippen molar-refractivity contribution in [3.63, 3.8) is 0 Å². The summed E-state index contributed by atoms with van der Waals surface area (Å²) in [5.41, 5.74) is 2.32. The molecule has 0 saturated carbocycles. The molecule has 2 heterocycles. The first-order chi connectivity index (χ1) is 12.5. The molecule has 0 spiro atoms. The maximum atomic E-state index is 10.2. The van der Waals surface area contributed by atoms with Crippen LogP contribution in [0.2, 0.25) is 0 Å². The highest BCUT2D eigenvalue weighted by Gasteiger charge is 2.12. The Hall–Kier alpha value is -2.94. The van der Waals surface area contributed by atoms with Gasteiger partial charge in [0, 0.05) is 17.3 Å². The number of nitrogens with one attached hydrogen (secondary N) is 1. The fourth-order valence-corrected chi connectivity index (χ4v) is 2.59. The first-order valence-corrected chi connectivity index (χ1v) is 8.61. The van der Waals surface area contributed by atoms with Gasteiger partial charge in [-0.1, -0.05) is 6.92 Å². The number of benzene rings is 1. The Morgan fingerprint density at radius 1 is 1.35 bits per heavy atom. The van der Waals surface area contributed by atoms with Crippen molar-refractivity contribution >= 4 is 18.4 Å². The number of ether oxygens (including phenoxy) is 1. The van der Waals surface area contributed by atoms with Gasteiger partial charge in [0.15, 0.2) is 0 Å². The van der Waals surface area contributed by atoms with Gasteiger partial charge >= 0.3 is 0 Å². The number of rotatable bonds is 6. The lowest BCUT2D eigenvalue weighted by atomic mass is 10.2. The monoisotopic (exact) mass is 372 g/mol. The van der Waals surface area contributed by atoms with Crippen molar-refractivity contribution in [3.8, 4) is 17.4 Å². The van der Waals surface area contributed by atoms with Crippen LogP contribution in [-0.4, -0.2) is 42.6 Å². The third kappa shape index (κ3) is 3.67. The van der Waals surface area contributed by atoms with Crippen LogP contribution in [-0.2, 0) is 0 Å². The highest BCUT2D eigenvalue weighted by Crippen LogP contribution is 2.22. The number of phenolic OH excluding ortho intramolecular Hbond substituents is 1. The molecule has 2 N–H and O–H groups in total. The average Bonchev–Trinajstić information content (AvgIpc) is 3.13. The Morgan fingerprint density at radius 3 is 2.81 bits per heavy atom. The number of H-pyrrole nitrogens is 1. The number of hydrogen-bond donors (Lipinski definition) is 2. The van der Waals surface area contributed by atoms with Gasteiger partial charge in [0.1, 0.15) is 11.5 Å². The molecule has 0 radical (unpaired) electrons. The first kappa shape index (κ1) is 17.9. The van der Waals surface area contributed by atoms with E-state index in [2.05, 4.69) is 20.4 Å². The minimum atomic E-state index is 0.0741. The van der Waals surface area contributed by atoms with Crippen molar-refractivity contribution in [2.75, 3.05) is 6.61 Å². The van der Waals surface area contributed by atoms with Crippen molar-refractivity contribution in [3.05, 3.63) is 46.0 Å². The molecule has 0 aliphatic carbocycles. The SMILES string of the molecule is CCCOc1ccc(/C=N/n2c(-n3nc(C)cc3C)n[nH]c2=S)c(O)c1. The van der Waals surface area contributed by atoms with E-state index >= 15 is 0 Å². The molecule has 0 bridgehead atoms. The Bertz CT molecular complexity index is 1000. The molecular formula is C17H20N6O2S. The van der Waals surface area contributed by atoms with Gasteiger partial charge in [-0.15, -0.1) is 5.10 Å². The lowest BCUT2D eigenvalue weighted by Crippen LogP contribution is -2.07. The van der Waals surface area contributed by atoms with E-state index in [1.165, 1.54) is 10.9 Å². The molecule has 0 atom stereocenters. The number of aromatic amines is 1. The predicted octanol–water partition coefficient (Wildman–Crippen LogP) is 3.12. The molecule has 0 aliphatic heterocycles. The number of phenols is 1. The summed E-state index contributed by atoms with van der Waals surface area (Å²) in [4.78, 5) is 0. The third-order valence-electron chi connectivity index (χ3n) is 3.62. The zero-order valence-electron chi connectivity index (χ0n) is 14.8. The Labute approximate surface area is 155 Å². The fourth-order valence-electron chi connectivity index (χ4n) is 2.42. The van der Waals surface area contributed by atoms with Crippen LogP contribution in [0.4, 0.5) is 0 Å². The summed E-state index contributed by atoms with van der Waals surface area (Å²) < 4.78 is 8.93. The molecule has 1 aromatic carbocycles. The smallest absolute Gasteiger partial charge is 0.271 e. The summed E-state index contributed by atoms with van der Waals surface area (Å²) in [6.07, 6.45) is 2.41. The molecule has 0 fully saturated rings. The summed E-state index contributed by atoms with van der Waals surface area (Å²) in [7, 11) is 0. The minimum Gasteiger partial charge on any atom is -0.507 e. The lowest BCUT2D eigenvalue weighted by molar-refractivity contribution is 0.315. The second-order valence-electron chi connectivity index (χ2n) is 5.79. The standard InChI is InChI=1S/C17H20N6O2S/c1-4-7-25-14-6-5-13(15(24)9-14)10-18-23-16(19-20-17(23)26)22-12(3)8-11(2)21-22/h5-6,8-10,24H,4,7H2,1-3H3,(H,20,26)/b18-10+. The van der Waals surface area contributed by atoms with Gasteiger partial charge in [-0.05, 0) is 50.7 Å². The van der Waals surface area contributed by atoms with Gasteiger partial charge < -0.3 is 9.84 Å². The van der Waals surface area contributed by atoms with Gasteiger partial charge in [-0.2, -0.15) is 14.9 Å². The van der Waals surface area contributed by atoms with Gasteiger partial charge in [-0.3, -0.25) is 0 Å². The lowest BCUT2D eigenvalue weighted by Gasteiger charge is -2.06. The third-order valence-corrected chi connectivity index (χ3v) is 3.88. The minimum absolute atomic E-state index is 0.0741. The Balaban J connectivity index is 1.91. The number of aryl methyl sites for hydroxylation is 2. The fraction of sp³-hybridized carbons (Fsp3) is 0.294. The predicted molar refractivity (Wildman–Crippen MR) is 101 cm³/mol. The molecule has 2 aromatic heterocycles. The van der Waals surface area contributed by atoms with Crippen LogP contribution in [0.5, 0.6) is 11.5 Å². The molecule has 0 amide bonds. The quantitative estimate of drug-likeness (QED) is 0.512. The molecule has 9 heteroatoms. The van der Waals surface area contributed by atoms with Gasteiger partial charge in [0.2, 0.25) is 4.77 Å². The van der Waals surface area contributed by atoms with Crippen LogP contribution in [0.1, 0.15) is 30.3 Å². The van der Waals surface area contributed by atoms with Crippen molar-refractivity contribution in [2.45, 2.75) is 27.2 Å². The highest BCUT2D eigenvalue weighted by molar-refractivity contribution is 7.71. The van der Waals surface area contributed by atoms with Crippen LogP contribution < -0.4 is 4.74 Å². The van der Waals surface area contributed by atoms with Crippen LogP contribution >= 0.6 is 12.2 Å². The van der Waals surface area contributed by atoms with Gasteiger partial charge in [0.25, 0.3) is 5.95 Å². The number of aromatic hydroxyl groups is 1. The first-order valence-electron chi connectivity index (χ1n) is 8.21. The summed E-state index contributed by atoms with van der Waals surface area (Å²) in [6, 6.07) is 7.02. The molecule has 3 rings (SSSR count). The molecule has 0 aliphatic rings. The molecule has 0 saturated heterocycles. The number of aromatic nitrogens is 5. The van der Waals surface area contributed by atoms with E-state index in [4.69, 9.17) is 17.0 Å². The zero-order valence-corrected chi connectivity index (χ0v) is 15.6. The molecule has 3 aromatic rings. The van der Waals surface area contributed by atoms with Crippen LogP contribution in [0.3, 0.4) is 0 Å². The van der Waals surface area contributed by atoms with E-state index in [1.54, 1.807) is 22.9 Å². The van der Waals surface area contributed by atoms with Crippen molar-refractivity contribution in [1.29, 1.82) is 0 Å². The average molecular weight is 372 g/mol. The van der Waals surface area contributed by atoms with Crippen molar-refractivity contribution in [1.82, 2.24) is 24.7 Å². The summed E-state index contributed by atoms with van der Waals surface area (Å²) in [5, 5.41) is 25.8. The Morgan fingerprint density at radius 2 is 2.15 bits per heavy atom. The number of hydrogen-bond acceptors (Lipinski definition) is 6. The van der Waals surface area contributed by atoms with E-state index in [-0.39, 0.29) is 5.75 Å². The van der Waals surface area contributed by atoms with Gasteiger partial charge in [0.05, 0.1) is 18.5 Å². The maximum Gasteiger partial charge on any atom is 0.271 e. The van der Waals surface area contributed by atoms with E-state index in [1.807, 2.05) is 26.8 Å². The van der Waals surface area contributed by atoms with E-state index < -0.39 is 0 Å². The molecule has 26 heavy (non-hydrogen) atoms. The van der Waals surface area contributed by atoms with Crippen molar-refractivity contribution in [2.24, 2.45) is 5.10 Å². The van der Waals surface area contributed by atoms with Crippen molar-refractivity contribution < 1.29 is 9.84 Å². The normalized spacial score (nSPS) is 11.3. The van der Waals surface area contributed by atoms with Crippen LogP contribution in [0.25, 0.3) is 5.95 Å². The Kier molecular flexibility index (Phi) is 5.17. The van der Waals surface area contributed by atoms with E-state index in [0.717, 1.165) is 17.8 Å². The van der Waals surface area contributed by atoms with Crippen LogP contribution in [0.15, 0.2) is 29.4 Å². The molecule has 0 unspecified atom stereocenters. The van der Waals surface area contributed by atoms with Crippen LogP contribution in [0, 0.1) is 18.6 Å². The zero-order chi connectivity index (χ0) is 18.7. The molecule has 8 nitrogen and oxygen atoms in total. The highest BCUT2D eigenvalue weighted by atomic mass is 32.1. The summed E-state index contributed by atoms with van der Waals surface area (Å²) in [6.45, 7) is 6.45. The number of nitrogens with zero attached hydrogens (tertiary/aromatic N) is 5. The van der Waals surface area contributed by atoms with Gasteiger partial charge in [-0.25, -0.2) is 9.78 Å². The second kappa shape index (κ2) is 7.52. The van der Waals surface area contributed by atoms with E-state index in [9.17, 15) is 5.11 Å². The topological polar surface area (TPSA) is 93.3 Å².